The van der Waals surface area contributed by atoms with E-state index in [2.05, 4.69) is 10.6 Å². The molecule has 0 radical (unpaired) electrons. The zero-order valence-electron chi connectivity index (χ0n) is 13.6. The summed E-state index contributed by atoms with van der Waals surface area (Å²) in [5, 5.41) is 16.7. The molecule has 0 aromatic heterocycles. The number of hydrogen-bond acceptors (Lipinski definition) is 6. The second-order valence-electron chi connectivity index (χ2n) is 5.31. The third-order valence-corrected chi connectivity index (χ3v) is 4.65. The molecule has 2 aromatic carbocycles. The van der Waals surface area contributed by atoms with Crippen molar-refractivity contribution in [1.29, 1.82) is 0 Å². The molecule has 0 heterocycles. The monoisotopic (exact) mass is 363 g/mol. The first kappa shape index (κ1) is 18.4. The quantitative estimate of drug-likeness (QED) is 0.598. The van der Waals surface area contributed by atoms with Crippen molar-refractivity contribution in [3.05, 3.63) is 64.2 Å². The lowest BCUT2D eigenvalue weighted by atomic mass is 10.1. The topological polar surface area (TPSA) is 118 Å². The number of amides is 1. The van der Waals surface area contributed by atoms with E-state index in [0.717, 1.165) is 12.3 Å². The molecule has 0 fully saturated rings. The van der Waals surface area contributed by atoms with Crippen LogP contribution in [0.5, 0.6) is 0 Å². The molecule has 0 saturated heterocycles. The molecule has 1 amide bonds. The number of likely N-dealkylation sites (N-methyl/N-ethyl adjacent to an activating group) is 1. The van der Waals surface area contributed by atoms with E-state index in [1.807, 2.05) is 0 Å². The average molecular weight is 363 g/mol. The van der Waals surface area contributed by atoms with E-state index >= 15 is 0 Å². The van der Waals surface area contributed by atoms with Gasteiger partial charge in [-0.2, -0.15) is 0 Å². The zero-order chi connectivity index (χ0) is 18.6. The molecule has 0 unspecified atom stereocenters. The summed E-state index contributed by atoms with van der Waals surface area (Å²) >= 11 is 0. The maximum absolute atomic E-state index is 12.2. The van der Waals surface area contributed by atoms with Crippen LogP contribution >= 0.6 is 0 Å². The van der Waals surface area contributed by atoms with E-state index in [0.29, 0.717) is 5.56 Å². The Bertz CT molecular complexity index is 897. The Morgan fingerprint density at radius 3 is 2.32 bits per heavy atom. The van der Waals surface area contributed by atoms with Gasteiger partial charge in [-0.05, 0) is 17.7 Å². The number of carbonyl (C=O) groups excluding carboxylic acids is 1. The molecule has 132 valence electrons. The minimum absolute atomic E-state index is 0.0508. The fourth-order valence-corrected chi connectivity index (χ4v) is 2.90. The Morgan fingerprint density at radius 2 is 1.80 bits per heavy atom. The van der Waals surface area contributed by atoms with Crippen molar-refractivity contribution in [2.75, 3.05) is 18.6 Å². The summed E-state index contributed by atoms with van der Waals surface area (Å²) in [6, 6.07) is 11.4. The summed E-state index contributed by atoms with van der Waals surface area (Å²) in [6.45, 7) is 0. The van der Waals surface area contributed by atoms with Crippen LogP contribution in [-0.2, 0) is 14.6 Å². The molecule has 0 saturated carbocycles. The number of anilines is 1. The van der Waals surface area contributed by atoms with Gasteiger partial charge in [0, 0.05) is 19.4 Å². The average Bonchev–Trinajstić information content (AvgIpc) is 2.58. The summed E-state index contributed by atoms with van der Waals surface area (Å²) < 4.78 is 23.2. The van der Waals surface area contributed by atoms with Crippen molar-refractivity contribution in [3.63, 3.8) is 0 Å². The number of nitro benzene ring substituents is 1. The van der Waals surface area contributed by atoms with Crippen LogP contribution in [-0.4, -0.2) is 32.6 Å². The first-order valence-corrected chi connectivity index (χ1v) is 9.14. The molecule has 0 spiro atoms. The molecule has 2 N–H and O–H groups in total. The van der Waals surface area contributed by atoms with E-state index < -0.39 is 26.5 Å². The number of rotatable bonds is 6. The minimum atomic E-state index is -3.59. The molecule has 0 aliphatic heterocycles. The molecule has 25 heavy (non-hydrogen) atoms. The highest BCUT2D eigenvalue weighted by Crippen LogP contribution is 2.30. The van der Waals surface area contributed by atoms with Gasteiger partial charge in [-0.15, -0.1) is 0 Å². The van der Waals surface area contributed by atoms with Crippen LogP contribution in [0.15, 0.2) is 53.4 Å². The second-order valence-corrected chi connectivity index (χ2v) is 7.33. The number of nitrogens with one attached hydrogen (secondary N) is 2. The number of nitrogens with zero attached hydrogens (tertiary/aromatic N) is 1. The summed E-state index contributed by atoms with van der Waals surface area (Å²) in [5.41, 5.74) is 0.242. The second kappa shape index (κ2) is 7.31. The first-order chi connectivity index (χ1) is 11.7. The molecule has 0 aliphatic rings. The summed E-state index contributed by atoms with van der Waals surface area (Å²) in [5.74, 6) is -0.382. The van der Waals surface area contributed by atoms with Gasteiger partial charge in [-0.25, -0.2) is 8.42 Å². The Hall–Kier alpha value is -2.94. The van der Waals surface area contributed by atoms with E-state index in [1.165, 1.54) is 19.2 Å². The van der Waals surface area contributed by atoms with Gasteiger partial charge in [0.05, 0.1) is 9.82 Å². The third-order valence-electron chi connectivity index (χ3n) is 3.54. The standard InChI is InChI=1S/C16H17N3O5S/c1-17-16(20)15(11-6-4-3-5-7-11)18-13-9-8-12(25(2,23)24)10-14(13)19(21)22/h3-10,15,18H,1-2H3,(H,17,20)/t15-/m0/s1. The van der Waals surface area contributed by atoms with E-state index in [-0.39, 0.29) is 16.5 Å². The molecular weight excluding hydrogens is 346 g/mol. The van der Waals surface area contributed by atoms with Crippen molar-refractivity contribution in [2.24, 2.45) is 0 Å². The highest BCUT2D eigenvalue weighted by atomic mass is 32.2. The van der Waals surface area contributed by atoms with E-state index in [9.17, 15) is 23.3 Å². The van der Waals surface area contributed by atoms with Gasteiger partial charge in [0.15, 0.2) is 9.84 Å². The van der Waals surface area contributed by atoms with Crippen LogP contribution in [0.2, 0.25) is 0 Å². The first-order valence-electron chi connectivity index (χ1n) is 7.25. The van der Waals surface area contributed by atoms with Gasteiger partial charge in [0.25, 0.3) is 5.69 Å². The Labute approximate surface area is 144 Å². The van der Waals surface area contributed by atoms with Crippen LogP contribution in [0.3, 0.4) is 0 Å². The Balaban J connectivity index is 2.49. The number of carbonyl (C=O) groups is 1. The number of sulfone groups is 1. The Morgan fingerprint density at radius 1 is 1.16 bits per heavy atom. The van der Waals surface area contributed by atoms with Crippen molar-refractivity contribution in [2.45, 2.75) is 10.9 Å². The van der Waals surface area contributed by atoms with Crippen LogP contribution in [0, 0.1) is 10.1 Å². The van der Waals surface area contributed by atoms with Gasteiger partial charge in [-0.3, -0.25) is 14.9 Å². The Kier molecular flexibility index (Phi) is 5.38. The number of hydrogen-bond donors (Lipinski definition) is 2. The molecule has 0 bridgehead atoms. The maximum Gasteiger partial charge on any atom is 0.293 e. The van der Waals surface area contributed by atoms with E-state index in [4.69, 9.17) is 0 Å². The van der Waals surface area contributed by atoms with Crippen LogP contribution in [0.4, 0.5) is 11.4 Å². The molecule has 0 aliphatic carbocycles. The SMILES string of the molecule is CNC(=O)[C@@H](Nc1ccc(S(C)(=O)=O)cc1[N+](=O)[O-])c1ccccc1. The van der Waals surface area contributed by atoms with Gasteiger partial charge >= 0.3 is 0 Å². The normalized spacial score (nSPS) is 12.2. The van der Waals surface area contributed by atoms with E-state index in [1.54, 1.807) is 30.3 Å². The molecule has 1 atom stereocenters. The summed E-state index contributed by atoms with van der Waals surface area (Å²) in [6.07, 6.45) is 0.969. The highest BCUT2D eigenvalue weighted by Gasteiger charge is 2.24. The van der Waals surface area contributed by atoms with Crippen molar-refractivity contribution in [1.82, 2.24) is 5.32 Å². The molecule has 8 nitrogen and oxygen atoms in total. The fourth-order valence-electron chi connectivity index (χ4n) is 2.26. The number of nitro groups is 1. The molecule has 2 rings (SSSR count). The predicted molar refractivity (Wildman–Crippen MR) is 93.1 cm³/mol. The highest BCUT2D eigenvalue weighted by molar-refractivity contribution is 7.90. The predicted octanol–water partition coefficient (Wildman–Crippen LogP) is 1.90. The molecule has 2 aromatic rings. The lowest BCUT2D eigenvalue weighted by molar-refractivity contribution is -0.384. The lowest BCUT2D eigenvalue weighted by Crippen LogP contribution is -2.31. The summed E-state index contributed by atoms with van der Waals surface area (Å²) in [4.78, 5) is 22.7. The third kappa shape index (κ3) is 4.32. The molecule has 9 heteroatoms. The van der Waals surface area contributed by atoms with Crippen LogP contribution in [0.1, 0.15) is 11.6 Å². The van der Waals surface area contributed by atoms with Crippen LogP contribution in [0.25, 0.3) is 0 Å². The zero-order valence-corrected chi connectivity index (χ0v) is 14.4. The number of benzene rings is 2. The summed E-state index contributed by atoms with van der Waals surface area (Å²) in [7, 11) is -2.13. The smallest absolute Gasteiger partial charge is 0.293 e. The van der Waals surface area contributed by atoms with Gasteiger partial charge in [-0.1, -0.05) is 30.3 Å². The lowest BCUT2D eigenvalue weighted by Gasteiger charge is -2.19. The minimum Gasteiger partial charge on any atom is -0.364 e. The van der Waals surface area contributed by atoms with Gasteiger partial charge < -0.3 is 10.6 Å². The van der Waals surface area contributed by atoms with Crippen molar-refractivity contribution >= 4 is 27.1 Å². The maximum atomic E-state index is 12.2. The largest absolute Gasteiger partial charge is 0.364 e. The van der Waals surface area contributed by atoms with Gasteiger partial charge in [0.1, 0.15) is 11.7 Å². The van der Waals surface area contributed by atoms with Crippen molar-refractivity contribution < 1.29 is 18.1 Å². The molecular formula is C16H17N3O5S. The fraction of sp³-hybridized carbons (Fsp3) is 0.188. The van der Waals surface area contributed by atoms with Gasteiger partial charge in [0.2, 0.25) is 5.91 Å². The van der Waals surface area contributed by atoms with Crippen molar-refractivity contribution in [3.8, 4) is 0 Å². The van der Waals surface area contributed by atoms with Crippen LogP contribution < -0.4 is 10.6 Å².